The SMILES string of the molecule is Cc1cc(NS(=O)(=O)c2ccc([N+](=O)[O-])cc2)ccc1C1CCNCC1. The lowest BCUT2D eigenvalue weighted by Gasteiger charge is -2.24. The van der Waals surface area contributed by atoms with Crippen molar-refractivity contribution < 1.29 is 13.3 Å². The Morgan fingerprint density at radius 1 is 1.12 bits per heavy atom. The van der Waals surface area contributed by atoms with E-state index in [2.05, 4.69) is 10.0 Å². The lowest BCUT2D eigenvalue weighted by atomic mass is 9.87. The molecule has 0 unspecified atom stereocenters. The van der Waals surface area contributed by atoms with Crippen LogP contribution in [0, 0.1) is 17.0 Å². The Balaban J connectivity index is 1.79. The molecule has 8 heteroatoms. The molecule has 2 aromatic carbocycles. The van der Waals surface area contributed by atoms with Gasteiger partial charge in [-0.3, -0.25) is 14.8 Å². The zero-order valence-electron chi connectivity index (χ0n) is 14.4. The van der Waals surface area contributed by atoms with E-state index in [-0.39, 0.29) is 10.6 Å². The van der Waals surface area contributed by atoms with Crippen LogP contribution in [0.2, 0.25) is 0 Å². The molecule has 0 aromatic heterocycles. The molecule has 1 aliphatic heterocycles. The molecule has 1 heterocycles. The topological polar surface area (TPSA) is 101 Å². The van der Waals surface area contributed by atoms with Gasteiger partial charge in [0, 0.05) is 17.8 Å². The molecule has 0 aliphatic carbocycles. The fourth-order valence-corrected chi connectivity index (χ4v) is 4.34. The van der Waals surface area contributed by atoms with Crippen LogP contribution in [0.4, 0.5) is 11.4 Å². The number of nitrogens with one attached hydrogen (secondary N) is 2. The predicted octanol–water partition coefficient (Wildman–Crippen LogP) is 3.17. The summed E-state index contributed by atoms with van der Waals surface area (Å²) < 4.78 is 27.5. The van der Waals surface area contributed by atoms with E-state index >= 15 is 0 Å². The molecule has 138 valence electrons. The quantitative estimate of drug-likeness (QED) is 0.617. The molecule has 3 rings (SSSR count). The van der Waals surface area contributed by atoms with Crippen LogP contribution in [0.3, 0.4) is 0 Å². The van der Waals surface area contributed by atoms with Gasteiger partial charge in [0.15, 0.2) is 0 Å². The Labute approximate surface area is 152 Å². The summed E-state index contributed by atoms with van der Waals surface area (Å²) >= 11 is 0. The van der Waals surface area contributed by atoms with E-state index in [1.54, 1.807) is 6.07 Å². The largest absolute Gasteiger partial charge is 0.317 e. The Morgan fingerprint density at radius 2 is 1.77 bits per heavy atom. The van der Waals surface area contributed by atoms with Crippen molar-refractivity contribution in [2.75, 3.05) is 17.8 Å². The number of hydrogen-bond donors (Lipinski definition) is 2. The summed E-state index contributed by atoms with van der Waals surface area (Å²) in [7, 11) is -3.79. The average molecular weight is 375 g/mol. The van der Waals surface area contributed by atoms with Gasteiger partial charge in [0.2, 0.25) is 0 Å². The second-order valence-electron chi connectivity index (χ2n) is 6.45. The summed E-state index contributed by atoms with van der Waals surface area (Å²) in [6.45, 7) is 3.98. The van der Waals surface area contributed by atoms with Crippen LogP contribution in [-0.2, 0) is 10.0 Å². The van der Waals surface area contributed by atoms with Crippen LogP contribution in [-0.4, -0.2) is 26.4 Å². The number of rotatable bonds is 5. The fourth-order valence-electron chi connectivity index (χ4n) is 3.29. The molecule has 0 spiro atoms. The fraction of sp³-hybridized carbons (Fsp3) is 0.333. The van der Waals surface area contributed by atoms with Crippen molar-refractivity contribution in [3.8, 4) is 0 Å². The number of piperidine rings is 1. The minimum atomic E-state index is -3.79. The molecule has 2 aromatic rings. The monoisotopic (exact) mass is 375 g/mol. The van der Waals surface area contributed by atoms with Crippen LogP contribution in [0.5, 0.6) is 0 Å². The highest BCUT2D eigenvalue weighted by Gasteiger charge is 2.19. The summed E-state index contributed by atoms with van der Waals surface area (Å²) in [5.41, 5.74) is 2.65. The highest BCUT2D eigenvalue weighted by Crippen LogP contribution is 2.30. The summed E-state index contributed by atoms with van der Waals surface area (Å²) in [6, 6.07) is 10.4. The van der Waals surface area contributed by atoms with Gasteiger partial charge in [-0.15, -0.1) is 0 Å². The molecular formula is C18H21N3O4S. The summed E-state index contributed by atoms with van der Waals surface area (Å²) in [5.74, 6) is 0.497. The maximum Gasteiger partial charge on any atom is 0.269 e. The second-order valence-corrected chi connectivity index (χ2v) is 8.13. The summed E-state index contributed by atoms with van der Waals surface area (Å²) in [5, 5.41) is 14.0. The number of nitro groups is 1. The minimum Gasteiger partial charge on any atom is -0.317 e. The molecule has 0 amide bonds. The smallest absolute Gasteiger partial charge is 0.269 e. The van der Waals surface area contributed by atoms with Gasteiger partial charge < -0.3 is 5.32 Å². The van der Waals surface area contributed by atoms with Gasteiger partial charge in [-0.1, -0.05) is 6.07 Å². The van der Waals surface area contributed by atoms with Crippen LogP contribution in [0.1, 0.15) is 29.9 Å². The van der Waals surface area contributed by atoms with Crippen molar-refractivity contribution in [2.24, 2.45) is 0 Å². The number of sulfonamides is 1. The van der Waals surface area contributed by atoms with Crippen molar-refractivity contribution in [2.45, 2.75) is 30.6 Å². The number of aryl methyl sites for hydroxylation is 1. The van der Waals surface area contributed by atoms with Crippen molar-refractivity contribution in [1.29, 1.82) is 0 Å². The van der Waals surface area contributed by atoms with E-state index in [0.29, 0.717) is 11.6 Å². The van der Waals surface area contributed by atoms with E-state index in [0.717, 1.165) is 31.5 Å². The minimum absolute atomic E-state index is 0.0109. The first-order chi connectivity index (χ1) is 12.4. The molecule has 0 saturated carbocycles. The van der Waals surface area contributed by atoms with Crippen LogP contribution in [0.15, 0.2) is 47.4 Å². The van der Waals surface area contributed by atoms with Crippen molar-refractivity contribution >= 4 is 21.4 Å². The lowest BCUT2D eigenvalue weighted by Crippen LogP contribution is -2.27. The molecule has 1 saturated heterocycles. The van der Waals surface area contributed by atoms with Crippen LogP contribution < -0.4 is 10.0 Å². The zero-order valence-corrected chi connectivity index (χ0v) is 15.3. The molecule has 1 aliphatic rings. The molecule has 7 nitrogen and oxygen atoms in total. The van der Waals surface area contributed by atoms with Gasteiger partial charge in [-0.25, -0.2) is 8.42 Å². The van der Waals surface area contributed by atoms with Crippen LogP contribution >= 0.6 is 0 Å². The highest BCUT2D eigenvalue weighted by molar-refractivity contribution is 7.92. The van der Waals surface area contributed by atoms with Gasteiger partial charge in [0.05, 0.1) is 9.82 Å². The van der Waals surface area contributed by atoms with Gasteiger partial charge in [-0.2, -0.15) is 0 Å². The third-order valence-electron chi connectivity index (χ3n) is 4.66. The first-order valence-corrected chi connectivity index (χ1v) is 9.94. The number of nitrogens with zero attached hydrogens (tertiary/aromatic N) is 1. The normalized spacial score (nSPS) is 15.6. The number of benzene rings is 2. The van der Waals surface area contributed by atoms with Crippen molar-refractivity contribution in [1.82, 2.24) is 5.32 Å². The van der Waals surface area contributed by atoms with E-state index in [1.807, 2.05) is 19.1 Å². The molecular weight excluding hydrogens is 354 g/mol. The average Bonchev–Trinajstić information content (AvgIpc) is 2.62. The Kier molecular flexibility index (Phi) is 5.24. The van der Waals surface area contributed by atoms with E-state index in [1.165, 1.54) is 29.8 Å². The third kappa shape index (κ3) is 4.03. The van der Waals surface area contributed by atoms with Gasteiger partial charge >= 0.3 is 0 Å². The maximum absolute atomic E-state index is 12.5. The van der Waals surface area contributed by atoms with Crippen LogP contribution in [0.25, 0.3) is 0 Å². The molecule has 2 N–H and O–H groups in total. The van der Waals surface area contributed by atoms with Crippen molar-refractivity contribution in [3.63, 3.8) is 0 Å². The third-order valence-corrected chi connectivity index (χ3v) is 6.06. The first kappa shape index (κ1) is 18.3. The molecule has 26 heavy (non-hydrogen) atoms. The van der Waals surface area contributed by atoms with Gasteiger partial charge in [-0.05, 0) is 74.2 Å². The Morgan fingerprint density at radius 3 is 2.35 bits per heavy atom. The number of hydrogen-bond acceptors (Lipinski definition) is 5. The Bertz CT molecular complexity index is 905. The summed E-state index contributed by atoms with van der Waals surface area (Å²) in [4.78, 5) is 10.1. The lowest BCUT2D eigenvalue weighted by molar-refractivity contribution is -0.384. The maximum atomic E-state index is 12.5. The predicted molar refractivity (Wildman–Crippen MR) is 99.9 cm³/mol. The van der Waals surface area contributed by atoms with Gasteiger partial charge in [0.1, 0.15) is 0 Å². The van der Waals surface area contributed by atoms with E-state index < -0.39 is 14.9 Å². The van der Waals surface area contributed by atoms with Gasteiger partial charge in [0.25, 0.3) is 15.7 Å². The summed E-state index contributed by atoms with van der Waals surface area (Å²) in [6.07, 6.45) is 2.16. The molecule has 1 fully saturated rings. The molecule has 0 atom stereocenters. The number of non-ortho nitro benzene ring substituents is 1. The number of anilines is 1. The van der Waals surface area contributed by atoms with Crippen molar-refractivity contribution in [3.05, 3.63) is 63.7 Å². The standard InChI is InChI=1S/C18H21N3O4S/c1-13-12-15(2-7-18(13)14-8-10-19-11-9-14)20-26(24,25)17-5-3-16(4-6-17)21(22)23/h2-7,12,14,19-20H,8-11H2,1H3. The molecule has 0 bridgehead atoms. The molecule has 0 radical (unpaired) electrons. The highest BCUT2D eigenvalue weighted by atomic mass is 32.2. The van der Waals surface area contributed by atoms with E-state index in [4.69, 9.17) is 0 Å². The zero-order chi connectivity index (χ0) is 18.7. The second kappa shape index (κ2) is 7.43. The Hall–Kier alpha value is -2.45. The first-order valence-electron chi connectivity index (χ1n) is 8.45. The van der Waals surface area contributed by atoms with E-state index in [9.17, 15) is 18.5 Å². The number of nitro benzene ring substituents is 1.